The van der Waals surface area contributed by atoms with Crippen molar-refractivity contribution in [3.05, 3.63) is 27.7 Å². The van der Waals surface area contributed by atoms with Gasteiger partial charge in [-0.25, -0.2) is 0 Å². The van der Waals surface area contributed by atoms with E-state index in [0.29, 0.717) is 6.04 Å². The summed E-state index contributed by atoms with van der Waals surface area (Å²) >= 11 is 3.56. The standard InChI is InChI=1S/C12H16BrNO/c1-3-11(14-2)10-7-9(13)6-8-4-5-15-12(8)10/h6-7,11,14H,3-5H2,1-2H3. The normalized spacial score (nSPS) is 15.9. The Labute approximate surface area is 99.1 Å². The van der Waals surface area contributed by atoms with Crippen LogP contribution in [0.5, 0.6) is 5.75 Å². The summed E-state index contributed by atoms with van der Waals surface area (Å²) in [7, 11) is 2.00. The molecule has 1 unspecified atom stereocenters. The molecule has 0 aromatic heterocycles. The maximum atomic E-state index is 5.71. The van der Waals surface area contributed by atoms with E-state index in [-0.39, 0.29) is 0 Å². The van der Waals surface area contributed by atoms with Crippen LogP contribution in [-0.2, 0) is 6.42 Å². The summed E-state index contributed by atoms with van der Waals surface area (Å²) in [6.07, 6.45) is 2.10. The fourth-order valence-corrected chi connectivity index (χ4v) is 2.66. The minimum atomic E-state index is 0.384. The molecule has 1 aromatic rings. The molecule has 1 aliphatic rings. The van der Waals surface area contributed by atoms with Crippen LogP contribution < -0.4 is 10.1 Å². The van der Waals surface area contributed by atoms with Crippen molar-refractivity contribution in [2.75, 3.05) is 13.7 Å². The molecule has 0 saturated carbocycles. The fraction of sp³-hybridized carbons (Fsp3) is 0.500. The van der Waals surface area contributed by atoms with Gasteiger partial charge in [0.1, 0.15) is 5.75 Å². The van der Waals surface area contributed by atoms with Gasteiger partial charge in [0.25, 0.3) is 0 Å². The van der Waals surface area contributed by atoms with Crippen molar-refractivity contribution in [3.8, 4) is 5.75 Å². The lowest BCUT2D eigenvalue weighted by Crippen LogP contribution is -2.16. The van der Waals surface area contributed by atoms with Crippen molar-refractivity contribution in [2.45, 2.75) is 25.8 Å². The smallest absolute Gasteiger partial charge is 0.127 e. The molecule has 0 spiro atoms. The number of fused-ring (bicyclic) bond motifs is 1. The second-order valence-electron chi connectivity index (χ2n) is 3.83. The Morgan fingerprint density at radius 1 is 1.53 bits per heavy atom. The van der Waals surface area contributed by atoms with E-state index in [9.17, 15) is 0 Å². The SMILES string of the molecule is CCC(NC)c1cc(Br)cc2c1OCC2. The van der Waals surface area contributed by atoms with Crippen LogP contribution in [-0.4, -0.2) is 13.7 Å². The molecule has 0 fully saturated rings. The predicted molar refractivity (Wildman–Crippen MR) is 65.4 cm³/mol. The highest BCUT2D eigenvalue weighted by Gasteiger charge is 2.21. The largest absolute Gasteiger partial charge is 0.493 e. The van der Waals surface area contributed by atoms with E-state index >= 15 is 0 Å². The molecule has 2 rings (SSSR count). The molecule has 1 atom stereocenters. The van der Waals surface area contributed by atoms with E-state index in [1.54, 1.807) is 0 Å². The van der Waals surface area contributed by atoms with E-state index in [1.165, 1.54) is 11.1 Å². The Morgan fingerprint density at radius 3 is 3.00 bits per heavy atom. The van der Waals surface area contributed by atoms with E-state index in [0.717, 1.165) is 29.7 Å². The first-order valence-electron chi connectivity index (χ1n) is 5.38. The Balaban J connectivity index is 2.46. The third-order valence-electron chi connectivity index (χ3n) is 2.91. The van der Waals surface area contributed by atoms with Gasteiger partial charge < -0.3 is 10.1 Å². The van der Waals surface area contributed by atoms with E-state index in [4.69, 9.17) is 4.74 Å². The zero-order valence-electron chi connectivity index (χ0n) is 9.14. The number of hydrogen-bond acceptors (Lipinski definition) is 2. The number of nitrogens with one attached hydrogen (secondary N) is 1. The van der Waals surface area contributed by atoms with Gasteiger partial charge in [0.05, 0.1) is 6.61 Å². The average molecular weight is 270 g/mol. The third-order valence-corrected chi connectivity index (χ3v) is 3.37. The Morgan fingerprint density at radius 2 is 2.33 bits per heavy atom. The molecule has 0 saturated heterocycles. The van der Waals surface area contributed by atoms with Gasteiger partial charge in [0, 0.05) is 22.5 Å². The molecule has 3 heteroatoms. The molecule has 0 aliphatic carbocycles. The summed E-state index contributed by atoms with van der Waals surface area (Å²) in [5, 5.41) is 3.32. The zero-order valence-corrected chi connectivity index (χ0v) is 10.7. The van der Waals surface area contributed by atoms with Crippen molar-refractivity contribution in [1.82, 2.24) is 5.32 Å². The van der Waals surface area contributed by atoms with Gasteiger partial charge in [0.15, 0.2) is 0 Å². The molecule has 15 heavy (non-hydrogen) atoms. The molecule has 0 amide bonds. The lowest BCUT2D eigenvalue weighted by molar-refractivity contribution is 0.348. The third kappa shape index (κ3) is 2.04. The van der Waals surface area contributed by atoms with Crippen LogP contribution in [0.3, 0.4) is 0 Å². The number of ether oxygens (including phenoxy) is 1. The average Bonchev–Trinajstić information content (AvgIpc) is 2.67. The van der Waals surface area contributed by atoms with Gasteiger partial charge in [-0.15, -0.1) is 0 Å². The molecule has 82 valence electrons. The van der Waals surface area contributed by atoms with Crippen molar-refractivity contribution in [2.24, 2.45) is 0 Å². The van der Waals surface area contributed by atoms with Crippen molar-refractivity contribution in [3.63, 3.8) is 0 Å². The summed E-state index contributed by atoms with van der Waals surface area (Å²) in [5.41, 5.74) is 2.61. The van der Waals surface area contributed by atoms with Gasteiger partial charge in [-0.2, -0.15) is 0 Å². The maximum Gasteiger partial charge on any atom is 0.127 e. The van der Waals surface area contributed by atoms with Crippen LogP contribution in [0.4, 0.5) is 0 Å². The van der Waals surface area contributed by atoms with Crippen LogP contribution in [0.2, 0.25) is 0 Å². The number of hydrogen-bond donors (Lipinski definition) is 1. The van der Waals surface area contributed by atoms with Crippen LogP contribution in [0.15, 0.2) is 16.6 Å². The molecule has 1 aromatic carbocycles. The summed E-state index contributed by atoms with van der Waals surface area (Å²) in [5.74, 6) is 1.10. The lowest BCUT2D eigenvalue weighted by Gasteiger charge is -2.18. The second-order valence-corrected chi connectivity index (χ2v) is 4.75. The van der Waals surface area contributed by atoms with Gasteiger partial charge in [-0.1, -0.05) is 22.9 Å². The summed E-state index contributed by atoms with van der Waals surface area (Å²) in [6.45, 7) is 3.00. The Hall–Kier alpha value is -0.540. The summed E-state index contributed by atoms with van der Waals surface area (Å²) in [6, 6.07) is 4.71. The number of benzene rings is 1. The topological polar surface area (TPSA) is 21.3 Å². The Kier molecular flexibility index (Phi) is 3.32. The van der Waals surface area contributed by atoms with Crippen LogP contribution in [0.25, 0.3) is 0 Å². The summed E-state index contributed by atoms with van der Waals surface area (Å²) in [4.78, 5) is 0. The van der Waals surface area contributed by atoms with Gasteiger partial charge in [-0.3, -0.25) is 0 Å². The van der Waals surface area contributed by atoms with E-state index in [1.807, 2.05) is 7.05 Å². The zero-order chi connectivity index (χ0) is 10.8. The first-order chi connectivity index (χ1) is 7.26. The van der Waals surface area contributed by atoms with Crippen molar-refractivity contribution < 1.29 is 4.74 Å². The molecule has 1 aliphatic heterocycles. The van der Waals surface area contributed by atoms with Gasteiger partial charge in [-0.05, 0) is 31.2 Å². The maximum absolute atomic E-state index is 5.71. The predicted octanol–water partition coefficient (Wildman–Crippen LogP) is 3.05. The van der Waals surface area contributed by atoms with Crippen LogP contribution >= 0.6 is 15.9 Å². The van der Waals surface area contributed by atoms with Crippen molar-refractivity contribution in [1.29, 1.82) is 0 Å². The molecule has 1 N–H and O–H groups in total. The van der Waals surface area contributed by atoms with E-state index < -0.39 is 0 Å². The highest BCUT2D eigenvalue weighted by atomic mass is 79.9. The van der Waals surface area contributed by atoms with Gasteiger partial charge in [0.2, 0.25) is 0 Å². The first-order valence-corrected chi connectivity index (χ1v) is 6.18. The minimum absolute atomic E-state index is 0.384. The van der Waals surface area contributed by atoms with Gasteiger partial charge >= 0.3 is 0 Å². The fourth-order valence-electron chi connectivity index (χ4n) is 2.14. The molecule has 0 bridgehead atoms. The minimum Gasteiger partial charge on any atom is -0.493 e. The molecule has 0 radical (unpaired) electrons. The molecular weight excluding hydrogens is 254 g/mol. The summed E-state index contributed by atoms with van der Waals surface area (Å²) < 4.78 is 6.86. The molecule has 1 heterocycles. The quantitative estimate of drug-likeness (QED) is 0.911. The number of rotatable bonds is 3. The lowest BCUT2D eigenvalue weighted by atomic mass is 10.0. The number of halogens is 1. The van der Waals surface area contributed by atoms with E-state index in [2.05, 4.69) is 40.3 Å². The highest BCUT2D eigenvalue weighted by molar-refractivity contribution is 9.10. The highest BCUT2D eigenvalue weighted by Crippen LogP contribution is 2.37. The molecular formula is C12H16BrNO. The van der Waals surface area contributed by atoms with Crippen molar-refractivity contribution >= 4 is 15.9 Å². The first kappa shape index (κ1) is 11.0. The van der Waals surface area contributed by atoms with Crippen LogP contribution in [0, 0.1) is 0 Å². The second kappa shape index (κ2) is 4.54. The monoisotopic (exact) mass is 269 g/mol. The Bertz CT molecular complexity index is 361. The van der Waals surface area contributed by atoms with Crippen LogP contribution in [0.1, 0.15) is 30.5 Å². The molecule has 2 nitrogen and oxygen atoms in total.